The molecule has 4 aromatic rings. The van der Waals surface area contributed by atoms with Gasteiger partial charge in [0.15, 0.2) is 0 Å². The van der Waals surface area contributed by atoms with Crippen molar-refractivity contribution in [1.82, 2.24) is 9.97 Å². The van der Waals surface area contributed by atoms with E-state index in [4.69, 9.17) is 0 Å². The zero-order valence-corrected chi connectivity index (χ0v) is 13.5. The molecule has 6 nitrogen and oxygen atoms in total. The number of pyridine rings is 1. The normalized spacial score (nSPS) is 10.3. The molecule has 0 aliphatic rings. The van der Waals surface area contributed by atoms with Crippen LogP contribution in [0.1, 0.15) is 11.1 Å². The molecule has 0 N–H and O–H groups in total. The summed E-state index contributed by atoms with van der Waals surface area (Å²) >= 11 is 0. The number of rotatable bonds is 2. The Labute approximate surface area is 148 Å². The highest BCUT2D eigenvalue weighted by molar-refractivity contribution is 5.75. The minimum absolute atomic E-state index is 0.0541. The van der Waals surface area contributed by atoms with Crippen LogP contribution in [0.3, 0.4) is 0 Å². The largest absolute Gasteiger partial charge is 0.293 e. The summed E-state index contributed by atoms with van der Waals surface area (Å²) in [6.07, 6.45) is 3.71. The fourth-order valence-electron chi connectivity index (χ4n) is 2.46. The zero-order chi connectivity index (χ0) is 17.9. The number of benzene rings is 2. The van der Waals surface area contributed by atoms with Gasteiger partial charge in [-0.25, -0.2) is 9.97 Å². The summed E-state index contributed by atoms with van der Waals surface area (Å²) in [5.74, 6) is 6.65. The van der Waals surface area contributed by atoms with Gasteiger partial charge in [0.2, 0.25) is 5.95 Å². The second-order valence-electron chi connectivity index (χ2n) is 5.56. The van der Waals surface area contributed by atoms with E-state index in [-0.39, 0.29) is 5.69 Å². The van der Waals surface area contributed by atoms with E-state index in [1.807, 2.05) is 53.4 Å². The van der Waals surface area contributed by atoms with E-state index in [1.165, 1.54) is 12.1 Å². The molecule has 26 heavy (non-hydrogen) atoms. The van der Waals surface area contributed by atoms with Crippen molar-refractivity contribution in [2.24, 2.45) is 0 Å². The summed E-state index contributed by atoms with van der Waals surface area (Å²) in [5, 5.41) is 10.7. The first-order valence-electron chi connectivity index (χ1n) is 7.87. The highest BCUT2D eigenvalue weighted by Crippen LogP contribution is 2.11. The van der Waals surface area contributed by atoms with E-state index in [2.05, 4.69) is 21.8 Å². The number of nitrogens with zero attached hydrogens (tertiary/aromatic N) is 4. The second kappa shape index (κ2) is 6.49. The van der Waals surface area contributed by atoms with Gasteiger partial charge in [-0.15, -0.1) is 0 Å². The summed E-state index contributed by atoms with van der Waals surface area (Å²) in [6.45, 7) is 0. The Morgan fingerprint density at radius 2 is 1.58 bits per heavy atom. The summed E-state index contributed by atoms with van der Waals surface area (Å²) in [5.41, 5.74) is 3.32. The van der Waals surface area contributed by atoms with Crippen molar-refractivity contribution in [3.05, 3.63) is 94.3 Å². The van der Waals surface area contributed by atoms with Gasteiger partial charge in [0.1, 0.15) is 0 Å². The monoisotopic (exact) mass is 340 g/mol. The number of aromatic nitrogens is 3. The highest BCUT2D eigenvalue weighted by atomic mass is 16.6. The molecule has 4 rings (SSSR count). The van der Waals surface area contributed by atoms with E-state index < -0.39 is 4.92 Å². The molecule has 0 saturated heterocycles. The van der Waals surface area contributed by atoms with Gasteiger partial charge < -0.3 is 0 Å². The van der Waals surface area contributed by atoms with E-state index in [0.717, 1.165) is 22.2 Å². The van der Waals surface area contributed by atoms with Crippen molar-refractivity contribution in [2.75, 3.05) is 0 Å². The molecular weight excluding hydrogens is 328 g/mol. The first-order chi connectivity index (χ1) is 12.7. The zero-order valence-electron chi connectivity index (χ0n) is 13.5. The lowest BCUT2D eigenvalue weighted by molar-refractivity contribution is -0.603. The summed E-state index contributed by atoms with van der Waals surface area (Å²) in [7, 11) is 0. The van der Waals surface area contributed by atoms with E-state index in [1.54, 1.807) is 12.1 Å². The molecule has 2 heterocycles. The van der Waals surface area contributed by atoms with Gasteiger partial charge in [-0.1, -0.05) is 24.0 Å². The molecule has 0 bridgehead atoms. The van der Waals surface area contributed by atoms with Gasteiger partial charge in [0.05, 0.1) is 16.0 Å². The van der Waals surface area contributed by atoms with Gasteiger partial charge in [-0.2, -0.15) is 0 Å². The molecule has 0 spiro atoms. The standard InChI is InChI=1S/C20H12N4O2/c25-24(26)17-9-7-15(8-10-17)5-6-16-11-13-23(14-12-16)20-21-18-3-1-2-4-19(18)22-20/h1-4,7-14H. The van der Waals surface area contributed by atoms with E-state index >= 15 is 0 Å². The van der Waals surface area contributed by atoms with Crippen LogP contribution in [0.2, 0.25) is 0 Å². The Hall–Kier alpha value is -3.98. The lowest BCUT2D eigenvalue weighted by Gasteiger charge is -2.00. The molecule has 0 unspecified atom stereocenters. The molecule has 0 amide bonds. The van der Waals surface area contributed by atoms with Gasteiger partial charge in [-0.3, -0.25) is 14.7 Å². The van der Waals surface area contributed by atoms with Crippen molar-refractivity contribution in [3.63, 3.8) is 0 Å². The molecule has 0 aliphatic heterocycles. The number of hydrogen-bond donors (Lipinski definition) is 0. The number of non-ortho nitro benzene ring substituents is 1. The number of para-hydroxylation sites is 2. The molecule has 0 atom stereocenters. The van der Waals surface area contributed by atoms with Gasteiger partial charge in [0, 0.05) is 35.7 Å². The van der Waals surface area contributed by atoms with Crippen LogP contribution in [0.25, 0.3) is 17.0 Å². The Kier molecular flexibility index (Phi) is 3.88. The highest BCUT2D eigenvalue weighted by Gasteiger charge is 2.04. The fourth-order valence-corrected chi connectivity index (χ4v) is 2.46. The SMILES string of the molecule is O=[N+]([O-])c1ccc(C#Cc2cc[n+](-c3nc4ccccc4[n-]3)cc2)cc1. The number of nitro benzene ring substituents is 1. The molecule has 2 aromatic carbocycles. The first-order valence-corrected chi connectivity index (χ1v) is 7.87. The van der Waals surface area contributed by atoms with Crippen molar-refractivity contribution in [2.45, 2.75) is 0 Å². The van der Waals surface area contributed by atoms with Gasteiger partial charge >= 0.3 is 0 Å². The van der Waals surface area contributed by atoms with Crippen molar-refractivity contribution in [1.29, 1.82) is 0 Å². The third kappa shape index (κ3) is 3.14. The lowest BCUT2D eigenvalue weighted by Crippen LogP contribution is -2.31. The number of fused-ring (bicyclic) bond motifs is 1. The fraction of sp³-hybridized carbons (Fsp3) is 0. The predicted octanol–water partition coefficient (Wildman–Crippen LogP) is 2.78. The lowest BCUT2D eigenvalue weighted by atomic mass is 10.2. The van der Waals surface area contributed by atoms with Crippen LogP contribution in [0.15, 0.2) is 73.1 Å². The Balaban J connectivity index is 1.55. The average Bonchev–Trinajstić information content (AvgIpc) is 3.11. The molecule has 0 saturated carbocycles. The summed E-state index contributed by atoms with van der Waals surface area (Å²) < 4.78 is 1.83. The van der Waals surface area contributed by atoms with Crippen LogP contribution >= 0.6 is 0 Å². The topological polar surface area (TPSA) is 74.0 Å². The third-order valence-corrected chi connectivity index (χ3v) is 3.81. The Morgan fingerprint density at radius 3 is 2.23 bits per heavy atom. The van der Waals surface area contributed by atoms with Crippen LogP contribution in [-0.2, 0) is 0 Å². The van der Waals surface area contributed by atoms with Crippen molar-refractivity contribution in [3.8, 4) is 17.8 Å². The van der Waals surface area contributed by atoms with Crippen LogP contribution < -0.4 is 9.55 Å². The molecular formula is C20H12N4O2. The summed E-state index contributed by atoms with van der Waals surface area (Å²) in [6, 6.07) is 17.6. The van der Waals surface area contributed by atoms with Gasteiger partial charge in [-0.05, 0) is 36.4 Å². The molecule has 6 heteroatoms. The maximum absolute atomic E-state index is 10.7. The van der Waals surface area contributed by atoms with E-state index in [9.17, 15) is 10.1 Å². The van der Waals surface area contributed by atoms with Crippen molar-refractivity contribution < 1.29 is 9.49 Å². The van der Waals surface area contributed by atoms with Crippen LogP contribution in [-0.4, -0.2) is 9.91 Å². The second-order valence-corrected chi connectivity index (χ2v) is 5.56. The maximum Gasteiger partial charge on any atom is 0.269 e. The van der Waals surface area contributed by atoms with Crippen LogP contribution in [0.5, 0.6) is 0 Å². The maximum atomic E-state index is 10.7. The minimum Gasteiger partial charge on any atom is -0.293 e. The van der Waals surface area contributed by atoms with Crippen LogP contribution in [0, 0.1) is 22.0 Å². The molecule has 2 aromatic heterocycles. The number of nitro groups is 1. The van der Waals surface area contributed by atoms with Crippen molar-refractivity contribution >= 4 is 16.7 Å². The number of imidazole rings is 1. The smallest absolute Gasteiger partial charge is 0.269 e. The predicted molar refractivity (Wildman–Crippen MR) is 95.7 cm³/mol. The third-order valence-electron chi connectivity index (χ3n) is 3.81. The summed E-state index contributed by atoms with van der Waals surface area (Å²) in [4.78, 5) is 19.2. The quantitative estimate of drug-likeness (QED) is 0.243. The Morgan fingerprint density at radius 1 is 0.923 bits per heavy atom. The van der Waals surface area contributed by atoms with E-state index in [0.29, 0.717) is 5.95 Å². The molecule has 124 valence electrons. The minimum atomic E-state index is -0.428. The van der Waals surface area contributed by atoms with Crippen LogP contribution in [0.4, 0.5) is 5.69 Å². The molecule has 0 fully saturated rings. The number of hydrogen-bond acceptors (Lipinski definition) is 3. The Bertz CT molecular complexity index is 1120. The average molecular weight is 340 g/mol. The molecule has 0 radical (unpaired) electrons. The molecule has 0 aliphatic carbocycles. The first kappa shape index (κ1) is 15.5. The van der Waals surface area contributed by atoms with Gasteiger partial charge in [0.25, 0.3) is 5.69 Å².